The Morgan fingerprint density at radius 2 is 1.89 bits per heavy atom. The van der Waals surface area contributed by atoms with Crippen molar-refractivity contribution in [3.05, 3.63) is 48.2 Å². The van der Waals surface area contributed by atoms with Crippen molar-refractivity contribution in [2.24, 2.45) is 0 Å². The Morgan fingerprint density at radius 1 is 1.11 bits per heavy atom. The van der Waals surface area contributed by atoms with Crippen LogP contribution in [0.25, 0.3) is 22.6 Å². The van der Waals surface area contributed by atoms with Crippen molar-refractivity contribution in [2.75, 3.05) is 5.73 Å². The molecule has 0 saturated carbocycles. The fraction of sp³-hybridized carbons (Fsp3) is 0.0714. The zero-order valence-electron chi connectivity index (χ0n) is 9.88. The van der Waals surface area contributed by atoms with Gasteiger partial charge in [-0.15, -0.1) is 0 Å². The molecule has 2 N–H and O–H groups in total. The molecule has 0 atom stereocenters. The summed E-state index contributed by atoms with van der Waals surface area (Å²) in [4.78, 5) is 0. The molecular weight excluding hydrogens is 228 g/mol. The van der Waals surface area contributed by atoms with E-state index in [2.05, 4.69) is 5.16 Å². The van der Waals surface area contributed by atoms with E-state index in [0.29, 0.717) is 17.3 Å². The predicted molar refractivity (Wildman–Crippen MR) is 68.8 cm³/mol. The quantitative estimate of drug-likeness (QED) is 0.744. The van der Waals surface area contributed by atoms with E-state index in [1.54, 1.807) is 12.3 Å². The van der Waals surface area contributed by atoms with Gasteiger partial charge in [-0.05, 0) is 24.6 Å². The summed E-state index contributed by atoms with van der Waals surface area (Å²) in [5, 5.41) is 3.96. The summed E-state index contributed by atoms with van der Waals surface area (Å²) in [6.45, 7) is 2.04. The molecule has 0 unspecified atom stereocenters. The van der Waals surface area contributed by atoms with E-state index >= 15 is 0 Å². The summed E-state index contributed by atoms with van der Waals surface area (Å²) in [6, 6.07) is 11.7. The first-order chi connectivity index (χ1) is 8.75. The molecule has 2 heterocycles. The molecule has 4 heteroatoms. The SMILES string of the molecule is Cc1ccc(-c2c(-c3ccco3)noc2N)cc1. The molecule has 18 heavy (non-hydrogen) atoms. The third-order valence-electron chi connectivity index (χ3n) is 2.81. The first-order valence-electron chi connectivity index (χ1n) is 5.62. The molecular formula is C14H12N2O2. The molecule has 0 saturated heterocycles. The average molecular weight is 240 g/mol. The third kappa shape index (κ3) is 1.68. The van der Waals surface area contributed by atoms with Gasteiger partial charge in [0.05, 0.1) is 11.8 Å². The van der Waals surface area contributed by atoms with Crippen LogP contribution in [0.4, 0.5) is 5.88 Å². The van der Waals surface area contributed by atoms with Crippen LogP contribution < -0.4 is 5.73 Å². The number of benzene rings is 1. The number of nitrogens with zero attached hydrogens (tertiary/aromatic N) is 1. The highest BCUT2D eigenvalue weighted by molar-refractivity contribution is 5.85. The summed E-state index contributed by atoms with van der Waals surface area (Å²) in [5.74, 6) is 0.941. The molecule has 0 aliphatic rings. The molecule has 4 nitrogen and oxygen atoms in total. The van der Waals surface area contributed by atoms with E-state index in [9.17, 15) is 0 Å². The Morgan fingerprint density at radius 3 is 2.56 bits per heavy atom. The molecule has 0 radical (unpaired) electrons. The van der Waals surface area contributed by atoms with Crippen molar-refractivity contribution in [3.63, 3.8) is 0 Å². The number of furan rings is 1. The first-order valence-corrected chi connectivity index (χ1v) is 5.62. The van der Waals surface area contributed by atoms with E-state index in [4.69, 9.17) is 14.7 Å². The van der Waals surface area contributed by atoms with Crippen LogP contribution in [0, 0.1) is 6.92 Å². The van der Waals surface area contributed by atoms with Crippen molar-refractivity contribution >= 4 is 5.88 Å². The summed E-state index contributed by atoms with van der Waals surface area (Å²) < 4.78 is 10.4. The van der Waals surface area contributed by atoms with Gasteiger partial charge in [0, 0.05) is 0 Å². The van der Waals surface area contributed by atoms with Crippen molar-refractivity contribution in [1.82, 2.24) is 5.16 Å². The second-order valence-electron chi connectivity index (χ2n) is 4.11. The lowest BCUT2D eigenvalue weighted by molar-refractivity contribution is 0.436. The number of hydrogen-bond donors (Lipinski definition) is 1. The number of anilines is 1. The minimum Gasteiger partial charge on any atom is -0.463 e. The number of nitrogen functional groups attached to an aromatic ring is 1. The maximum absolute atomic E-state index is 5.85. The van der Waals surface area contributed by atoms with Crippen LogP contribution in [-0.2, 0) is 0 Å². The monoisotopic (exact) mass is 240 g/mol. The lowest BCUT2D eigenvalue weighted by Crippen LogP contribution is -1.87. The van der Waals surface area contributed by atoms with Crippen LogP contribution >= 0.6 is 0 Å². The molecule has 2 aromatic heterocycles. The highest BCUT2D eigenvalue weighted by Crippen LogP contribution is 2.36. The lowest BCUT2D eigenvalue weighted by Gasteiger charge is -2.01. The molecule has 0 fully saturated rings. The van der Waals surface area contributed by atoms with Crippen molar-refractivity contribution in [2.45, 2.75) is 6.92 Å². The van der Waals surface area contributed by atoms with Gasteiger partial charge in [0.2, 0.25) is 5.88 Å². The highest BCUT2D eigenvalue weighted by Gasteiger charge is 2.18. The largest absolute Gasteiger partial charge is 0.463 e. The highest BCUT2D eigenvalue weighted by atomic mass is 16.5. The second kappa shape index (κ2) is 4.07. The second-order valence-corrected chi connectivity index (χ2v) is 4.11. The number of rotatable bonds is 2. The number of nitrogens with two attached hydrogens (primary N) is 1. The van der Waals surface area contributed by atoms with E-state index in [-0.39, 0.29) is 0 Å². The van der Waals surface area contributed by atoms with Crippen LogP contribution in [0.5, 0.6) is 0 Å². The first kappa shape index (κ1) is 10.7. The van der Waals surface area contributed by atoms with Gasteiger partial charge in [0.1, 0.15) is 0 Å². The number of aromatic nitrogens is 1. The molecule has 0 amide bonds. The summed E-state index contributed by atoms with van der Waals surface area (Å²) in [6.07, 6.45) is 1.60. The van der Waals surface area contributed by atoms with Crippen LogP contribution in [0.1, 0.15) is 5.56 Å². The van der Waals surface area contributed by atoms with Gasteiger partial charge < -0.3 is 14.7 Å². The normalized spacial score (nSPS) is 10.7. The Balaban J connectivity index is 2.17. The zero-order valence-corrected chi connectivity index (χ0v) is 9.88. The van der Waals surface area contributed by atoms with Crippen LogP contribution in [0.2, 0.25) is 0 Å². The topological polar surface area (TPSA) is 65.2 Å². The Hall–Kier alpha value is -2.49. The van der Waals surface area contributed by atoms with Crippen molar-refractivity contribution in [3.8, 4) is 22.6 Å². The zero-order chi connectivity index (χ0) is 12.5. The fourth-order valence-corrected chi connectivity index (χ4v) is 1.88. The summed E-state index contributed by atoms with van der Waals surface area (Å²) in [5.41, 5.74) is 9.39. The minimum atomic E-state index is 0.297. The van der Waals surface area contributed by atoms with E-state index in [1.807, 2.05) is 37.3 Å². The maximum atomic E-state index is 5.85. The molecule has 0 bridgehead atoms. The van der Waals surface area contributed by atoms with Gasteiger partial charge in [-0.1, -0.05) is 35.0 Å². The van der Waals surface area contributed by atoms with Gasteiger partial charge in [-0.2, -0.15) is 0 Å². The van der Waals surface area contributed by atoms with Gasteiger partial charge in [-0.25, -0.2) is 0 Å². The Bertz CT molecular complexity index is 652. The summed E-state index contributed by atoms with van der Waals surface area (Å²) in [7, 11) is 0. The third-order valence-corrected chi connectivity index (χ3v) is 2.81. The maximum Gasteiger partial charge on any atom is 0.230 e. The predicted octanol–water partition coefficient (Wildman–Crippen LogP) is 3.49. The van der Waals surface area contributed by atoms with Crippen LogP contribution in [0.3, 0.4) is 0 Å². The average Bonchev–Trinajstić information content (AvgIpc) is 2.99. The molecule has 0 spiro atoms. The molecule has 3 aromatic rings. The van der Waals surface area contributed by atoms with Crippen molar-refractivity contribution < 1.29 is 8.94 Å². The van der Waals surface area contributed by atoms with Gasteiger partial charge in [0.25, 0.3) is 0 Å². The van der Waals surface area contributed by atoms with Crippen LogP contribution in [-0.4, -0.2) is 5.16 Å². The van der Waals surface area contributed by atoms with E-state index in [1.165, 1.54) is 5.56 Å². The minimum absolute atomic E-state index is 0.297. The fourth-order valence-electron chi connectivity index (χ4n) is 1.88. The standard InChI is InChI=1S/C14H12N2O2/c1-9-4-6-10(7-5-9)12-13(16-18-14(12)15)11-3-2-8-17-11/h2-8H,15H2,1H3. The molecule has 1 aromatic carbocycles. The smallest absolute Gasteiger partial charge is 0.230 e. The van der Waals surface area contributed by atoms with Crippen LogP contribution in [0.15, 0.2) is 51.6 Å². The van der Waals surface area contributed by atoms with E-state index < -0.39 is 0 Å². The Labute approximate surface area is 104 Å². The lowest BCUT2D eigenvalue weighted by atomic mass is 10.0. The molecule has 0 aliphatic carbocycles. The van der Waals surface area contributed by atoms with E-state index in [0.717, 1.165) is 11.1 Å². The number of hydrogen-bond acceptors (Lipinski definition) is 4. The van der Waals surface area contributed by atoms with Gasteiger partial charge in [0.15, 0.2) is 11.5 Å². The van der Waals surface area contributed by atoms with Gasteiger partial charge in [-0.3, -0.25) is 0 Å². The number of aryl methyl sites for hydroxylation is 1. The molecule has 90 valence electrons. The van der Waals surface area contributed by atoms with Crippen molar-refractivity contribution in [1.29, 1.82) is 0 Å². The molecule has 3 rings (SSSR count). The summed E-state index contributed by atoms with van der Waals surface area (Å²) >= 11 is 0. The molecule has 0 aliphatic heterocycles. The van der Waals surface area contributed by atoms with Gasteiger partial charge >= 0.3 is 0 Å². The Kier molecular flexibility index (Phi) is 2.41.